The van der Waals surface area contributed by atoms with Gasteiger partial charge in [0.25, 0.3) is 0 Å². The lowest BCUT2D eigenvalue weighted by molar-refractivity contribution is -0.150. The van der Waals surface area contributed by atoms with Gasteiger partial charge in [0, 0.05) is 6.54 Å². The molecule has 1 aromatic rings. The predicted molar refractivity (Wildman–Crippen MR) is 93.0 cm³/mol. The van der Waals surface area contributed by atoms with Crippen molar-refractivity contribution in [1.82, 2.24) is 10.2 Å². The number of ether oxygens (including phenoxy) is 1. The van der Waals surface area contributed by atoms with Crippen LogP contribution in [0.2, 0.25) is 0 Å². The standard InChI is InChI=1S/C19H25N3O3/c1-14(2)11-16(19(24)25-12-15-7-4-3-5-8-15)21-18(23)17-9-6-10-22(17)13-20/h3-5,7-8,14,16-17H,6,9-12H2,1-2H3,(H,21,23)/t16-,17+/m0/s1. The van der Waals surface area contributed by atoms with E-state index >= 15 is 0 Å². The summed E-state index contributed by atoms with van der Waals surface area (Å²) in [6.07, 6.45) is 3.98. The summed E-state index contributed by atoms with van der Waals surface area (Å²) in [5.74, 6) is -0.487. The zero-order valence-corrected chi connectivity index (χ0v) is 14.8. The van der Waals surface area contributed by atoms with Crippen LogP contribution in [0.5, 0.6) is 0 Å². The number of nitriles is 1. The van der Waals surface area contributed by atoms with Crippen LogP contribution in [0.15, 0.2) is 30.3 Å². The topological polar surface area (TPSA) is 82.4 Å². The maximum Gasteiger partial charge on any atom is 0.328 e. The van der Waals surface area contributed by atoms with Crippen LogP contribution < -0.4 is 5.32 Å². The summed E-state index contributed by atoms with van der Waals surface area (Å²) in [5, 5.41) is 11.9. The molecule has 0 saturated carbocycles. The van der Waals surface area contributed by atoms with Crippen molar-refractivity contribution in [2.75, 3.05) is 6.54 Å². The van der Waals surface area contributed by atoms with Crippen LogP contribution in [-0.4, -0.2) is 35.4 Å². The molecule has 2 atom stereocenters. The lowest BCUT2D eigenvalue weighted by Gasteiger charge is -2.23. The first-order valence-corrected chi connectivity index (χ1v) is 8.68. The van der Waals surface area contributed by atoms with Crippen molar-refractivity contribution in [3.63, 3.8) is 0 Å². The first kappa shape index (κ1) is 18.8. The van der Waals surface area contributed by atoms with Crippen molar-refractivity contribution in [3.05, 3.63) is 35.9 Å². The van der Waals surface area contributed by atoms with Crippen molar-refractivity contribution < 1.29 is 14.3 Å². The van der Waals surface area contributed by atoms with E-state index < -0.39 is 18.1 Å². The Balaban J connectivity index is 1.96. The molecule has 0 aromatic heterocycles. The van der Waals surface area contributed by atoms with Crippen LogP contribution >= 0.6 is 0 Å². The molecule has 1 amide bonds. The summed E-state index contributed by atoms with van der Waals surface area (Å²) < 4.78 is 5.38. The summed E-state index contributed by atoms with van der Waals surface area (Å²) in [7, 11) is 0. The van der Waals surface area contributed by atoms with E-state index in [1.54, 1.807) is 0 Å². The molecule has 1 aliphatic rings. The second-order valence-electron chi connectivity index (χ2n) is 6.74. The zero-order chi connectivity index (χ0) is 18.2. The fourth-order valence-corrected chi connectivity index (χ4v) is 2.94. The van der Waals surface area contributed by atoms with Crippen molar-refractivity contribution in [2.24, 2.45) is 5.92 Å². The minimum atomic E-state index is -0.697. The normalized spacial score (nSPS) is 17.8. The van der Waals surface area contributed by atoms with Crippen molar-refractivity contribution in [1.29, 1.82) is 5.26 Å². The van der Waals surface area contributed by atoms with Gasteiger partial charge in [-0.1, -0.05) is 44.2 Å². The molecule has 1 heterocycles. The number of carbonyl (C=O) groups is 2. The van der Waals surface area contributed by atoms with Gasteiger partial charge in [-0.3, -0.25) is 9.69 Å². The van der Waals surface area contributed by atoms with Gasteiger partial charge in [0.1, 0.15) is 18.7 Å². The first-order valence-electron chi connectivity index (χ1n) is 8.68. The number of carbonyl (C=O) groups excluding carboxylic acids is 2. The number of likely N-dealkylation sites (tertiary alicyclic amines) is 1. The summed E-state index contributed by atoms with van der Waals surface area (Å²) in [4.78, 5) is 26.4. The Labute approximate surface area is 148 Å². The lowest BCUT2D eigenvalue weighted by atomic mass is 10.0. The average Bonchev–Trinajstić information content (AvgIpc) is 3.08. The van der Waals surface area contributed by atoms with Crippen LogP contribution in [0.25, 0.3) is 0 Å². The Morgan fingerprint density at radius 2 is 2.08 bits per heavy atom. The number of rotatable bonds is 7. The van der Waals surface area contributed by atoms with Crippen LogP contribution in [0, 0.1) is 17.4 Å². The van der Waals surface area contributed by atoms with Gasteiger partial charge in [-0.15, -0.1) is 0 Å². The van der Waals surface area contributed by atoms with Gasteiger partial charge >= 0.3 is 5.97 Å². The van der Waals surface area contributed by atoms with E-state index in [2.05, 4.69) is 5.32 Å². The van der Waals surface area contributed by atoms with Gasteiger partial charge in [-0.05, 0) is 30.7 Å². The van der Waals surface area contributed by atoms with E-state index in [9.17, 15) is 9.59 Å². The fraction of sp³-hybridized carbons (Fsp3) is 0.526. The number of amides is 1. The monoisotopic (exact) mass is 343 g/mol. The second-order valence-corrected chi connectivity index (χ2v) is 6.74. The van der Waals surface area contributed by atoms with Gasteiger partial charge in [0.15, 0.2) is 6.19 Å². The molecule has 1 N–H and O–H groups in total. The summed E-state index contributed by atoms with van der Waals surface area (Å²) >= 11 is 0. The first-order chi connectivity index (χ1) is 12.0. The third-order valence-electron chi connectivity index (χ3n) is 4.22. The molecule has 6 nitrogen and oxygen atoms in total. The van der Waals surface area contributed by atoms with Crippen molar-refractivity contribution >= 4 is 11.9 Å². The Morgan fingerprint density at radius 1 is 1.36 bits per heavy atom. The highest BCUT2D eigenvalue weighted by Crippen LogP contribution is 2.17. The Morgan fingerprint density at radius 3 is 2.72 bits per heavy atom. The number of hydrogen-bond acceptors (Lipinski definition) is 5. The molecular formula is C19H25N3O3. The molecule has 1 aliphatic heterocycles. The number of hydrogen-bond donors (Lipinski definition) is 1. The fourth-order valence-electron chi connectivity index (χ4n) is 2.94. The highest BCUT2D eigenvalue weighted by atomic mass is 16.5. The van der Waals surface area contributed by atoms with Crippen LogP contribution in [-0.2, 0) is 20.9 Å². The third kappa shape index (κ3) is 5.49. The van der Waals surface area contributed by atoms with Crippen LogP contribution in [0.4, 0.5) is 0 Å². The maximum atomic E-state index is 12.5. The predicted octanol–water partition coefficient (Wildman–Crippen LogP) is 2.21. The van der Waals surface area contributed by atoms with E-state index in [1.807, 2.05) is 50.4 Å². The minimum absolute atomic E-state index is 0.178. The molecule has 25 heavy (non-hydrogen) atoms. The van der Waals surface area contributed by atoms with Gasteiger partial charge in [-0.25, -0.2) is 4.79 Å². The highest BCUT2D eigenvalue weighted by Gasteiger charge is 2.33. The molecule has 1 aromatic carbocycles. The zero-order valence-electron chi connectivity index (χ0n) is 14.8. The molecule has 0 spiro atoms. The summed E-state index contributed by atoms with van der Waals surface area (Å²) in [6.45, 7) is 4.74. The SMILES string of the molecule is CC(C)C[C@H](NC(=O)[C@H]1CCCN1C#N)C(=O)OCc1ccccc1. The molecule has 0 bridgehead atoms. The van der Waals surface area contributed by atoms with E-state index in [0.717, 1.165) is 12.0 Å². The van der Waals surface area contributed by atoms with Crippen molar-refractivity contribution in [3.8, 4) is 6.19 Å². The number of nitrogens with zero attached hydrogens (tertiary/aromatic N) is 2. The molecule has 0 radical (unpaired) electrons. The van der Waals surface area contributed by atoms with E-state index in [4.69, 9.17) is 10.00 Å². The quantitative estimate of drug-likeness (QED) is 0.606. The molecule has 134 valence electrons. The summed E-state index contributed by atoms with van der Waals surface area (Å²) in [6, 6.07) is 8.24. The molecule has 1 saturated heterocycles. The van der Waals surface area contributed by atoms with Crippen LogP contribution in [0.3, 0.4) is 0 Å². The molecule has 2 rings (SSSR count). The Bertz CT molecular complexity index is 625. The Hall–Kier alpha value is -2.55. The van der Waals surface area contributed by atoms with Crippen LogP contribution in [0.1, 0.15) is 38.7 Å². The molecule has 0 aliphatic carbocycles. The molecule has 6 heteroatoms. The maximum absolute atomic E-state index is 12.5. The van der Waals surface area contributed by atoms with E-state index in [0.29, 0.717) is 19.4 Å². The van der Waals surface area contributed by atoms with Crippen molar-refractivity contribution in [2.45, 2.75) is 51.8 Å². The molecule has 1 fully saturated rings. The highest BCUT2D eigenvalue weighted by molar-refractivity contribution is 5.87. The Kier molecular flexibility index (Phi) is 6.81. The van der Waals surface area contributed by atoms with Gasteiger partial charge < -0.3 is 10.1 Å². The smallest absolute Gasteiger partial charge is 0.328 e. The number of esters is 1. The third-order valence-corrected chi connectivity index (χ3v) is 4.22. The van der Waals surface area contributed by atoms with Gasteiger partial charge in [0.2, 0.25) is 5.91 Å². The summed E-state index contributed by atoms with van der Waals surface area (Å²) in [5.41, 5.74) is 0.900. The lowest BCUT2D eigenvalue weighted by Crippen LogP contribution is -2.49. The second kappa shape index (κ2) is 9.07. The van der Waals surface area contributed by atoms with Gasteiger partial charge in [-0.2, -0.15) is 5.26 Å². The van der Waals surface area contributed by atoms with Gasteiger partial charge in [0.05, 0.1) is 0 Å². The van der Waals surface area contributed by atoms with E-state index in [1.165, 1.54) is 4.90 Å². The molecular weight excluding hydrogens is 318 g/mol. The largest absolute Gasteiger partial charge is 0.459 e. The minimum Gasteiger partial charge on any atom is -0.459 e. The average molecular weight is 343 g/mol. The number of nitrogens with one attached hydrogen (secondary N) is 1. The van der Waals surface area contributed by atoms with E-state index in [-0.39, 0.29) is 18.4 Å². The molecule has 0 unspecified atom stereocenters. The number of benzene rings is 1.